The third kappa shape index (κ3) is 7.40. The van der Waals surface area contributed by atoms with Gasteiger partial charge in [-0.1, -0.05) is 29.8 Å². The van der Waals surface area contributed by atoms with E-state index in [1.807, 2.05) is 0 Å². The fraction of sp³-hybridized carbons (Fsp3) is 0.138. The van der Waals surface area contributed by atoms with Crippen LogP contribution in [0.3, 0.4) is 0 Å². The van der Waals surface area contributed by atoms with Gasteiger partial charge >= 0.3 is 0 Å². The van der Waals surface area contributed by atoms with E-state index in [0.717, 1.165) is 5.06 Å². The molecule has 0 aliphatic rings. The van der Waals surface area contributed by atoms with E-state index < -0.39 is 15.9 Å². The molecule has 0 heterocycles. The molecule has 4 aromatic carbocycles. The Balaban J connectivity index is 1.73. The van der Waals surface area contributed by atoms with E-state index in [2.05, 4.69) is 4.72 Å². The predicted molar refractivity (Wildman–Crippen MR) is 155 cm³/mol. The van der Waals surface area contributed by atoms with Crippen LogP contribution in [0.4, 0.5) is 11.4 Å². The summed E-state index contributed by atoms with van der Waals surface area (Å²) in [4.78, 5) is 19.9. The van der Waals surface area contributed by atoms with Gasteiger partial charge in [0.05, 0.1) is 42.1 Å². The van der Waals surface area contributed by atoms with Gasteiger partial charge in [0.25, 0.3) is 15.9 Å². The van der Waals surface area contributed by atoms with E-state index in [0.29, 0.717) is 17.2 Å². The molecule has 4 aromatic rings. The van der Waals surface area contributed by atoms with Gasteiger partial charge in [-0.25, -0.2) is 8.42 Å². The molecule has 2 N–H and O–H groups in total. The first kappa shape index (κ1) is 29.5. The standard InChI is InChI=1S/C29H27ClN2O8S/c1-37-23-8-11-26(12-9-23)41(35,36)31-21-16-20(17-25(18-21)39-15-14-33)29(34)32(22-6-4-3-5-7-22)40-28-19-24(38-2)10-13-27(28)30/h3-13,16-19,31,33H,14-15H2,1-2H3. The topological polar surface area (TPSA) is 124 Å². The summed E-state index contributed by atoms with van der Waals surface area (Å²) in [5, 5.41) is 10.5. The van der Waals surface area contributed by atoms with Crippen LogP contribution < -0.4 is 28.8 Å². The first-order chi connectivity index (χ1) is 19.7. The summed E-state index contributed by atoms with van der Waals surface area (Å²) in [6.45, 7) is -0.376. The number of hydrogen-bond donors (Lipinski definition) is 2. The molecule has 0 spiro atoms. The molecule has 1 amide bonds. The number of ether oxygens (including phenoxy) is 3. The summed E-state index contributed by atoms with van der Waals surface area (Å²) >= 11 is 6.35. The van der Waals surface area contributed by atoms with Gasteiger partial charge in [0.1, 0.15) is 23.9 Å². The smallest absolute Gasteiger partial charge is 0.291 e. The van der Waals surface area contributed by atoms with Gasteiger partial charge in [-0.05, 0) is 60.7 Å². The van der Waals surface area contributed by atoms with Crippen molar-refractivity contribution < 1.29 is 37.4 Å². The second-order valence-electron chi connectivity index (χ2n) is 8.42. The lowest BCUT2D eigenvalue weighted by molar-refractivity contribution is 0.0879. The normalized spacial score (nSPS) is 10.9. The molecule has 0 bridgehead atoms. The fourth-order valence-corrected chi connectivity index (χ4v) is 4.86. The second-order valence-corrected chi connectivity index (χ2v) is 10.5. The molecule has 0 aliphatic heterocycles. The van der Waals surface area contributed by atoms with E-state index in [1.54, 1.807) is 42.5 Å². The molecule has 0 fully saturated rings. The lowest BCUT2D eigenvalue weighted by atomic mass is 10.1. The van der Waals surface area contributed by atoms with Crippen molar-refractivity contribution >= 4 is 38.9 Å². The number of carbonyl (C=O) groups excluding carboxylic acids is 1. The van der Waals surface area contributed by atoms with Crippen molar-refractivity contribution in [1.82, 2.24) is 0 Å². The van der Waals surface area contributed by atoms with Crippen molar-refractivity contribution in [2.75, 3.05) is 37.2 Å². The van der Waals surface area contributed by atoms with E-state index in [1.165, 1.54) is 62.8 Å². The number of sulfonamides is 1. The molecule has 0 atom stereocenters. The third-order valence-corrected chi connectivity index (χ3v) is 7.35. The number of hydrogen-bond acceptors (Lipinski definition) is 8. The second kappa shape index (κ2) is 13.3. The van der Waals surface area contributed by atoms with Crippen molar-refractivity contribution in [3.8, 4) is 23.0 Å². The molecular formula is C29H27ClN2O8S. The number of carbonyl (C=O) groups is 1. The van der Waals surface area contributed by atoms with Crippen LogP contribution in [-0.2, 0) is 10.0 Å². The molecule has 0 saturated heterocycles. The minimum atomic E-state index is -4.05. The van der Waals surface area contributed by atoms with E-state index in [4.69, 9.17) is 30.6 Å². The minimum Gasteiger partial charge on any atom is -0.497 e. The molecule has 0 aliphatic carbocycles. The molecule has 0 radical (unpaired) electrons. The van der Waals surface area contributed by atoms with Gasteiger partial charge in [-0.3, -0.25) is 9.52 Å². The Kier molecular flexibility index (Phi) is 9.56. The maximum Gasteiger partial charge on any atom is 0.291 e. The number of anilines is 2. The number of hydroxylamine groups is 1. The quantitative estimate of drug-likeness (QED) is 0.214. The van der Waals surface area contributed by atoms with Crippen LogP contribution in [0, 0.1) is 0 Å². The summed E-state index contributed by atoms with van der Waals surface area (Å²) in [5.74, 6) is 0.586. The molecule has 41 heavy (non-hydrogen) atoms. The third-order valence-electron chi connectivity index (χ3n) is 5.64. The highest BCUT2D eigenvalue weighted by molar-refractivity contribution is 7.92. The number of aliphatic hydroxyl groups is 1. The maximum absolute atomic E-state index is 13.9. The summed E-state index contributed by atoms with van der Waals surface area (Å²) in [5.41, 5.74) is 0.446. The van der Waals surface area contributed by atoms with Crippen LogP contribution in [0.15, 0.2) is 95.9 Å². The van der Waals surface area contributed by atoms with Gasteiger partial charge in [-0.2, -0.15) is 0 Å². The number of para-hydroxylation sites is 1. The first-order valence-corrected chi connectivity index (χ1v) is 14.1. The van der Waals surface area contributed by atoms with E-state index in [-0.39, 0.29) is 45.9 Å². The van der Waals surface area contributed by atoms with Gasteiger partial charge in [-0.15, -0.1) is 5.06 Å². The van der Waals surface area contributed by atoms with Crippen molar-refractivity contribution in [3.05, 3.63) is 102 Å². The van der Waals surface area contributed by atoms with Crippen molar-refractivity contribution in [2.45, 2.75) is 4.90 Å². The highest BCUT2D eigenvalue weighted by Crippen LogP contribution is 2.32. The number of nitrogens with zero attached hydrogens (tertiary/aromatic N) is 1. The van der Waals surface area contributed by atoms with E-state index in [9.17, 15) is 18.3 Å². The lowest BCUT2D eigenvalue weighted by Gasteiger charge is -2.24. The Bertz CT molecular complexity index is 1600. The number of nitrogens with one attached hydrogen (secondary N) is 1. The molecule has 10 nitrogen and oxygen atoms in total. The highest BCUT2D eigenvalue weighted by Gasteiger charge is 2.24. The zero-order valence-electron chi connectivity index (χ0n) is 22.1. The van der Waals surface area contributed by atoms with Crippen LogP contribution in [0.1, 0.15) is 10.4 Å². The number of methoxy groups -OCH3 is 2. The Morgan fingerprint density at radius 3 is 2.22 bits per heavy atom. The average molecular weight is 599 g/mol. The van der Waals surface area contributed by atoms with Gasteiger partial charge < -0.3 is 24.2 Å². The van der Waals surface area contributed by atoms with E-state index >= 15 is 0 Å². The maximum atomic E-state index is 13.9. The van der Waals surface area contributed by atoms with Crippen LogP contribution in [-0.4, -0.2) is 46.9 Å². The van der Waals surface area contributed by atoms with Crippen LogP contribution in [0.5, 0.6) is 23.0 Å². The molecule has 12 heteroatoms. The summed E-state index contributed by atoms with van der Waals surface area (Å²) in [6.07, 6.45) is 0. The zero-order valence-corrected chi connectivity index (χ0v) is 23.7. The van der Waals surface area contributed by atoms with Gasteiger partial charge in [0, 0.05) is 17.7 Å². The Hall–Kier alpha value is -4.45. The summed E-state index contributed by atoms with van der Waals surface area (Å²) < 4.78 is 44.6. The van der Waals surface area contributed by atoms with Crippen molar-refractivity contribution in [1.29, 1.82) is 0 Å². The number of aliphatic hydroxyl groups excluding tert-OH is 1. The average Bonchev–Trinajstić information content (AvgIpc) is 2.99. The monoisotopic (exact) mass is 598 g/mol. The Labute approximate surface area is 242 Å². The van der Waals surface area contributed by atoms with Gasteiger partial charge in [0.15, 0.2) is 5.75 Å². The molecule has 0 aromatic heterocycles. The predicted octanol–water partition coefficient (Wildman–Crippen LogP) is 5.17. The number of amides is 1. The van der Waals surface area contributed by atoms with Crippen LogP contribution in [0.25, 0.3) is 0 Å². The number of halogens is 1. The van der Waals surface area contributed by atoms with Crippen LogP contribution >= 0.6 is 11.6 Å². The first-order valence-electron chi connectivity index (χ1n) is 12.2. The van der Waals surface area contributed by atoms with Gasteiger partial charge in [0.2, 0.25) is 0 Å². The van der Waals surface area contributed by atoms with Crippen molar-refractivity contribution in [3.63, 3.8) is 0 Å². The SMILES string of the molecule is COc1ccc(S(=O)(=O)Nc2cc(OCCO)cc(C(=O)N(Oc3cc(OC)ccc3Cl)c3ccccc3)c2)cc1. The molecule has 0 unspecified atom stereocenters. The molecule has 0 saturated carbocycles. The number of benzene rings is 4. The summed E-state index contributed by atoms with van der Waals surface area (Å²) in [7, 11) is -1.09. The molecule has 4 rings (SSSR count). The Morgan fingerprint density at radius 1 is 0.878 bits per heavy atom. The lowest BCUT2D eigenvalue weighted by Crippen LogP contribution is -2.34. The number of rotatable bonds is 12. The highest BCUT2D eigenvalue weighted by atomic mass is 35.5. The van der Waals surface area contributed by atoms with Crippen LogP contribution in [0.2, 0.25) is 5.02 Å². The Morgan fingerprint density at radius 2 is 1.56 bits per heavy atom. The zero-order chi connectivity index (χ0) is 29.4. The molecular weight excluding hydrogens is 572 g/mol. The summed E-state index contributed by atoms with van der Waals surface area (Å²) in [6, 6.07) is 23.3. The molecule has 214 valence electrons. The fourth-order valence-electron chi connectivity index (χ4n) is 3.67. The largest absolute Gasteiger partial charge is 0.497 e. The van der Waals surface area contributed by atoms with Crippen molar-refractivity contribution in [2.24, 2.45) is 0 Å². The minimum absolute atomic E-state index is 0.0187.